The van der Waals surface area contributed by atoms with E-state index in [9.17, 15) is 13.2 Å². The number of sulfonamides is 1. The molecule has 1 saturated heterocycles. The van der Waals surface area contributed by atoms with Gasteiger partial charge in [-0.1, -0.05) is 73.4 Å². The molecule has 0 saturated carbocycles. The average Bonchev–Trinajstić information content (AvgIpc) is 2.76. The van der Waals surface area contributed by atoms with E-state index in [4.69, 9.17) is 23.2 Å². The molecular formula is C24H30Cl2N2O3S. The van der Waals surface area contributed by atoms with E-state index >= 15 is 0 Å². The number of nitrogens with one attached hydrogen (secondary N) is 1. The second kappa shape index (κ2) is 11.0. The molecule has 0 radical (unpaired) electrons. The van der Waals surface area contributed by atoms with Gasteiger partial charge in [0.05, 0.1) is 27.8 Å². The van der Waals surface area contributed by atoms with Crippen molar-refractivity contribution in [3.05, 3.63) is 69.7 Å². The first-order chi connectivity index (χ1) is 15.2. The van der Waals surface area contributed by atoms with Gasteiger partial charge in [-0.25, -0.2) is 12.7 Å². The van der Waals surface area contributed by atoms with Crippen LogP contribution in [0.2, 0.25) is 10.0 Å². The van der Waals surface area contributed by atoms with E-state index < -0.39 is 10.0 Å². The number of hydrogen-bond acceptors (Lipinski definition) is 3. The fourth-order valence-electron chi connectivity index (χ4n) is 4.07. The molecule has 2 atom stereocenters. The van der Waals surface area contributed by atoms with Crippen LogP contribution in [-0.4, -0.2) is 31.7 Å². The second-order valence-electron chi connectivity index (χ2n) is 8.80. The molecule has 2 aromatic rings. The zero-order valence-corrected chi connectivity index (χ0v) is 20.8. The quantitative estimate of drug-likeness (QED) is 0.528. The van der Waals surface area contributed by atoms with Gasteiger partial charge in [-0.15, -0.1) is 0 Å². The minimum atomic E-state index is -3.58. The van der Waals surface area contributed by atoms with Crippen LogP contribution in [0.5, 0.6) is 0 Å². The van der Waals surface area contributed by atoms with Crippen molar-refractivity contribution >= 4 is 39.1 Å². The summed E-state index contributed by atoms with van der Waals surface area (Å²) in [6.45, 7) is 4.86. The molecule has 1 N–H and O–H groups in total. The van der Waals surface area contributed by atoms with E-state index in [1.807, 2.05) is 30.3 Å². The first kappa shape index (κ1) is 25.0. The van der Waals surface area contributed by atoms with Crippen molar-refractivity contribution < 1.29 is 13.2 Å². The van der Waals surface area contributed by atoms with Crippen LogP contribution >= 0.6 is 23.2 Å². The second-order valence-corrected chi connectivity index (χ2v) is 11.6. The SMILES string of the molecule is CC(C)C[C@@H](NC(=O)[C@H]1CCCN(S(=O)(=O)Cc2ccc(Cl)c(Cl)c2)C1)c1ccccc1. The third-order valence-electron chi connectivity index (χ3n) is 5.71. The van der Waals surface area contributed by atoms with Crippen molar-refractivity contribution in [2.75, 3.05) is 13.1 Å². The van der Waals surface area contributed by atoms with E-state index in [1.54, 1.807) is 18.2 Å². The lowest BCUT2D eigenvalue weighted by atomic mass is 9.94. The third kappa shape index (κ3) is 6.70. The van der Waals surface area contributed by atoms with E-state index in [1.165, 1.54) is 4.31 Å². The fraction of sp³-hybridized carbons (Fsp3) is 0.458. The molecule has 174 valence electrons. The molecule has 1 heterocycles. The Hall–Kier alpha value is -1.60. The largest absolute Gasteiger partial charge is 0.349 e. The Morgan fingerprint density at radius 2 is 1.84 bits per heavy atom. The number of rotatable bonds is 8. The number of hydrogen-bond donors (Lipinski definition) is 1. The lowest BCUT2D eigenvalue weighted by Gasteiger charge is -2.32. The van der Waals surface area contributed by atoms with Gasteiger partial charge in [0.2, 0.25) is 15.9 Å². The normalized spacial score (nSPS) is 18.5. The molecule has 1 fully saturated rings. The van der Waals surface area contributed by atoms with Crippen LogP contribution in [0.25, 0.3) is 0 Å². The van der Waals surface area contributed by atoms with Crippen LogP contribution in [0.15, 0.2) is 48.5 Å². The van der Waals surface area contributed by atoms with Gasteiger partial charge in [0.15, 0.2) is 0 Å². The summed E-state index contributed by atoms with van der Waals surface area (Å²) in [6, 6.07) is 14.7. The molecule has 1 aliphatic rings. The number of halogens is 2. The number of benzene rings is 2. The summed E-state index contributed by atoms with van der Waals surface area (Å²) in [4.78, 5) is 13.1. The highest BCUT2D eigenvalue weighted by molar-refractivity contribution is 7.88. The Morgan fingerprint density at radius 3 is 2.50 bits per heavy atom. The first-order valence-corrected chi connectivity index (χ1v) is 13.3. The summed E-state index contributed by atoms with van der Waals surface area (Å²) >= 11 is 12.0. The molecule has 5 nitrogen and oxygen atoms in total. The van der Waals surface area contributed by atoms with Crippen molar-refractivity contribution in [2.24, 2.45) is 11.8 Å². The van der Waals surface area contributed by atoms with Gasteiger partial charge < -0.3 is 5.32 Å². The van der Waals surface area contributed by atoms with E-state index in [0.717, 1.165) is 12.0 Å². The Labute approximate surface area is 201 Å². The zero-order valence-electron chi connectivity index (χ0n) is 18.4. The molecule has 1 aliphatic heterocycles. The average molecular weight is 497 g/mol. The molecule has 2 aromatic carbocycles. The van der Waals surface area contributed by atoms with Crippen LogP contribution in [0.3, 0.4) is 0 Å². The molecule has 3 rings (SSSR count). The highest BCUT2D eigenvalue weighted by Crippen LogP contribution is 2.27. The Kier molecular flexibility index (Phi) is 8.62. The van der Waals surface area contributed by atoms with Crippen LogP contribution < -0.4 is 5.32 Å². The maximum atomic E-state index is 13.1. The Morgan fingerprint density at radius 1 is 1.12 bits per heavy atom. The van der Waals surface area contributed by atoms with Gasteiger partial charge in [0, 0.05) is 13.1 Å². The van der Waals surface area contributed by atoms with Gasteiger partial charge in [-0.2, -0.15) is 0 Å². The summed E-state index contributed by atoms with van der Waals surface area (Å²) in [5.41, 5.74) is 1.64. The third-order valence-corrected chi connectivity index (χ3v) is 8.26. The van der Waals surface area contributed by atoms with Crippen LogP contribution in [0.1, 0.15) is 50.3 Å². The maximum absolute atomic E-state index is 13.1. The highest BCUT2D eigenvalue weighted by Gasteiger charge is 2.33. The predicted octanol–water partition coefficient (Wildman–Crippen LogP) is 5.44. The monoisotopic (exact) mass is 496 g/mol. The molecule has 1 amide bonds. The molecule has 0 aliphatic carbocycles. The molecular weight excluding hydrogens is 467 g/mol. The van der Waals surface area contributed by atoms with Crippen molar-refractivity contribution in [3.63, 3.8) is 0 Å². The van der Waals surface area contributed by atoms with Crippen LogP contribution in [0.4, 0.5) is 0 Å². The van der Waals surface area contributed by atoms with Crippen molar-refractivity contribution in [1.82, 2.24) is 9.62 Å². The molecule has 0 spiro atoms. The van der Waals surface area contributed by atoms with Gasteiger partial charge in [-0.3, -0.25) is 4.79 Å². The van der Waals surface area contributed by atoms with Gasteiger partial charge in [0.1, 0.15) is 0 Å². The molecule has 0 unspecified atom stereocenters. The standard InChI is InChI=1S/C24H30Cl2N2O3S/c1-17(2)13-23(19-7-4-3-5-8-19)27-24(29)20-9-6-12-28(15-20)32(30,31)16-18-10-11-21(25)22(26)14-18/h3-5,7-8,10-11,14,17,20,23H,6,9,12-13,15-16H2,1-2H3,(H,27,29)/t20-,23+/m0/s1. The topological polar surface area (TPSA) is 66.5 Å². The van der Waals surface area contributed by atoms with Crippen LogP contribution in [0, 0.1) is 11.8 Å². The number of carbonyl (C=O) groups is 1. The Balaban J connectivity index is 1.68. The number of nitrogens with zero attached hydrogens (tertiary/aromatic N) is 1. The summed E-state index contributed by atoms with van der Waals surface area (Å²) in [5.74, 6) is -0.215. The van der Waals surface area contributed by atoms with Gasteiger partial charge >= 0.3 is 0 Å². The molecule has 32 heavy (non-hydrogen) atoms. The van der Waals surface area contributed by atoms with E-state index in [2.05, 4.69) is 19.2 Å². The number of carbonyl (C=O) groups excluding carboxylic acids is 1. The lowest BCUT2D eigenvalue weighted by Crippen LogP contribution is -2.46. The minimum absolute atomic E-state index is 0.0889. The van der Waals surface area contributed by atoms with Crippen molar-refractivity contribution in [2.45, 2.75) is 44.9 Å². The van der Waals surface area contributed by atoms with Gasteiger partial charge in [-0.05, 0) is 48.4 Å². The predicted molar refractivity (Wildman–Crippen MR) is 130 cm³/mol. The van der Waals surface area contributed by atoms with Crippen LogP contribution in [-0.2, 0) is 20.6 Å². The Bertz CT molecular complexity index is 1030. The van der Waals surface area contributed by atoms with Crippen molar-refractivity contribution in [1.29, 1.82) is 0 Å². The summed E-state index contributed by atoms with van der Waals surface area (Å²) in [7, 11) is -3.58. The van der Waals surface area contributed by atoms with E-state index in [-0.39, 0.29) is 30.2 Å². The summed E-state index contributed by atoms with van der Waals surface area (Å²) in [6.07, 6.45) is 2.15. The smallest absolute Gasteiger partial charge is 0.224 e. The van der Waals surface area contributed by atoms with Crippen molar-refractivity contribution in [3.8, 4) is 0 Å². The lowest BCUT2D eigenvalue weighted by molar-refractivity contribution is -0.127. The fourth-order valence-corrected chi connectivity index (χ4v) is 5.98. The first-order valence-electron chi connectivity index (χ1n) is 10.9. The minimum Gasteiger partial charge on any atom is -0.349 e. The summed E-state index contributed by atoms with van der Waals surface area (Å²) < 4.78 is 27.5. The van der Waals surface area contributed by atoms with Gasteiger partial charge in [0.25, 0.3) is 0 Å². The zero-order chi connectivity index (χ0) is 23.3. The maximum Gasteiger partial charge on any atom is 0.224 e. The molecule has 0 bridgehead atoms. The molecule has 0 aromatic heterocycles. The number of piperidine rings is 1. The number of amides is 1. The van der Waals surface area contributed by atoms with E-state index in [0.29, 0.717) is 40.9 Å². The molecule has 8 heteroatoms. The summed E-state index contributed by atoms with van der Waals surface area (Å²) in [5, 5.41) is 3.89. The highest BCUT2D eigenvalue weighted by atomic mass is 35.5.